The number of likely N-dealkylation sites (N-methyl/N-ethyl adjacent to an activating group) is 1. The number of halogens is 3. The summed E-state index contributed by atoms with van der Waals surface area (Å²) in [5.74, 6) is -5.15. The lowest BCUT2D eigenvalue weighted by Crippen LogP contribution is -2.37. The molecule has 4 rings (SSSR count). The maximum Gasteiger partial charge on any atom is 0.278 e. The summed E-state index contributed by atoms with van der Waals surface area (Å²) in [6.45, 7) is 7.91. The Bertz CT molecular complexity index is 1330. The molecular weight excluding hydrogens is 457 g/mol. The molecule has 3 aromatic rings. The average Bonchev–Trinajstić information content (AvgIpc) is 3.01. The molecule has 2 aromatic carbocycles. The second-order valence-electron chi connectivity index (χ2n) is 9.50. The second kappa shape index (κ2) is 8.48. The third-order valence-electron chi connectivity index (χ3n) is 7.01. The van der Waals surface area contributed by atoms with Crippen LogP contribution in [0.4, 0.5) is 24.7 Å². The Morgan fingerprint density at radius 1 is 1.14 bits per heavy atom. The van der Waals surface area contributed by atoms with Crippen molar-refractivity contribution in [3.05, 3.63) is 58.5 Å². The van der Waals surface area contributed by atoms with Crippen molar-refractivity contribution in [2.45, 2.75) is 52.2 Å². The van der Waals surface area contributed by atoms with Crippen molar-refractivity contribution in [2.24, 2.45) is 5.92 Å². The number of carbonyl (C=O) groups excluding carboxylic acids is 1. The number of nitrogens with zero attached hydrogens (tertiary/aromatic N) is 3. The van der Waals surface area contributed by atoms with Crippen LogP contribution in [0.2, 0.25) is 0 Å². The zero-order valence-corrected chi connectivity index (χ0v) is 20.8. The summed E-state index contributed by atoms with van der Waals surface area (Å²) in [5.41, 5.74) is 0.366. The molecule has 35 heavy (non-hydrogen) atoms. The van der Waals surface area contributed by atoms with Gasteiger partial charge >= 0.3 is 0 Å². The molecular formula is C26H29F3N4O2. The Labute approximate surface area is 202 Å². The van der Waals surface area contributed by atoms with Crippen LogP contribution in [0.5, 0.6) is 0 Å². The van der Waals surface area contributed by atoms with Crippen LogP contribution in [0.25, 0.3) is 10.8 Å². The number of nitrogens with one attached hydrogen (secondary N) is 1. The van der Waals surface area contributed by atoms with Gasteiger partial charge in [0.25, 0.3) is 11.8 Å². The molecule has 1 N–H and O–H groups in total. The second-order valence-corrected chi connectivity index (χ2v) is 9.50. The zero-order valence-electron chi connectivity index (χ0n) is 20.8. The number of alkyl halides is 2. The first-order valence-electron chi connectivity index (χ1n) is 11.4. The number of hydrogen-bond acceptors (Lipinski definition) is 5. The van der Waals surface area contributed by atoms with Crippen molar-refractivity contribution < 1.29 is 22.7 Å². The Morgan fingerprint density at radius 3 is 2.46 bits per heavy atom. The minimum atomic E-state index is -3.30. The predicted molar refractivity (Wildman–Crippen MR) is 129 cm³/mol. The molecule has 0 saturated heterocycles. The molecule has 6 nitrogen and oxygen atoms in total. The minimum Gasteiger partial charge on any atom is -0.364 e. The highest BCUT2D eigenvalue weighted by Crippen LogP contribution is 2.45. The zero-order chi connectivity index (χ0) is 25.9. The molecule has 186 valence electrons. The van der Waals surface area contributed by atoms with Crippen molar-refractivity contribution >= 4 is 28.2 Å². The number of ether oxygens (including phenoxy) is 1. The minimum absolute atomic E-state index is 0.0961. The van der Waals surface area contributed by atoms with E-state index >= 15 is 4.39 Å². The Kier molecular flexibility index (Phi) is 6.03. The molecule has 1 aliphatic rings. The number of benzene rings is 2. The normalized spacial score (nSPS) is 18.9. The summed E-state index contributed by atoms with van der Waals surface area (Å²) < 4.78 is 50.1. The molecule has 0 saturated carbocycles. The van der Waals surface area contributed by atoms with E-state index in [1.54, 1.807) is 27.8 Å². The van der Waals surface area contributed by atoms with Gasteiger partial charge in [-0.2, -0.15) is 5.10 Å². The summed E-state index contributed by atoms with van der Waals surface area (Å²) in [5, 5.41) is 13.0. The molecule has 2 atom stereocenters. The van der Waals surface area contributed by atoms with E-state index in [0.717, 1.165) is 11.5 Å². The van der Waals surface area contributed by atoms with Gasteiger partial charge in [-0.15, -0.1) is 5.10 Å². The largest absolute Gasteiger partial charge is 0.364 e. The van der Waals surface area contributed by atoms with Crippen molar-refractivity contribution in [1.29, 1.82) is 0 Å². The summed E-state index contributed by atoms with van der Waals surface area (Å²) in [6.07, 6.45) is 0. The Hall–Kier alpha value is -3.20. The van der Waals surface area contributed by atoms with Crippen LogP contribution in [-0.4, -0.2) is 30.3 Å². The van der Waals surface area contributed by atoms with Crippen molar-refractivity contribution in [2.75, 3.05) is 24.4 Å². The summed E-state index contributed by atoms with van der Waals surface area (Å²) in [6, 6.07) is 7.03. The van der Waals surface area contributed by atoms with E-state index in [0.29, 0.717) is 28.1 Å². The highest BCUT2D eigenvalue weighted by molar-refractivity contribution is 6.10. The third-order valence-corrected chi connectivity index (χ3v) is 7.01. The maximum absolute atomic E-state index is 15.2. The number of amides is 1. The molecule has 1 aliphatic heterocycles. The number of hydrogen-bond donors (Lipinski definition) is 1. The van der Waals surface area contributed by atoms with Gasteiger partial charge in [-0.3, -0.25) is 4.79 Å². The Balaban J connectivity index is 1.79. The number of carbonyl (C=O) groups is 1. The quantitative estimate of drug-likeness (QED) is 0.474. The molecule has 9 heteroatoms. The van der Waals surface area contributed by atoms with Gasteiger partial charge in [0.2, 0.25) is 0 Å². The lowest BCUT2D eigenvalue weighted by atomic mass is 9.93. The molecule has 1 unspecified atom stereocenters. The fourth-order valence-corrected chi connectivity index (χ4v) is 4.56. The molecule has 1 aromatic heterocycles. The summed E-state index contributed by atoms with van der Waals surface area (Å²) in [7, 11) is 3.16. The van der Waals surface area contributed by atoms with Crippen molar-refractivity contribution in [3.8, 4) is 0 Å². The predicted octanol–water partition coefficient (Wildman–Crippen LogP) is 5.84. The smallest absolute Gasteiger partial charge is 0.278 e. The Morgan fingerprint density at radius 2 is 1.83 bits per heavy atom. The van der Waals surface area contributed by atoms with Crippen molar-refractivity contribution in [1.82, 2.24) is 10.2 Å². The fourth-order valence-electron chi connectivity index (χ4n) is 4.56. The number of aromatic nitrogens is 2. The molecule has 0 bridgehead atoms. The molecule has 0 aliphatic carbocycles. The van der Waals surface area contributed by atoms with Gasteiger partial charge in [-0.25, -0.2) is 13.2 Å². The fraction of sp³-hybridized carbons (Fsp3) is 0.423. The van der Waals surface area contributed by atoms with E-state index in [4.69, 9.17) is 4.74 Å². The van der Waals surface area contributed by atoms with Crippen LogP contribution in [0, 0.1) is 18.7 Å². The van der Waals surface area contributed by atoms with E-state index in [-0.39, 0.29) is 11.5 Å². The monoisotopic (exact) mass is 486 g/mol. The first-order chi connectivity index (χ1) is 16.3. The molecule has 1 amide bonds. The van der Waals surface area contributed by atoms with Crippen LogP contribution in [0.3, 0.4) is 0 Å². The average molecular weight is 487 g/mol. The highest BCUT2D eigenvalue weighted by atomic mass is 19.3. The lowest BCUT2D eigenvalue weighted by Gasteiger charge is -2.24. The third kappa shape index (κ3) is 3.73. The maximum atomic E-state index is 15.2. The van der Waals surface area contributed by atoms with Crippen LogP contribution in [-0.2, 0) is 21.1 Å². The van der Waals surface area contributed by atoms with Gasteiger partial charge in [0.05, 0.1) is 23.0 Å². The van der Waals surface area contributed by atoms with Crippen LogP contribution in [0.15, 0.2) is 30.3 Å². The topological polar surface area (TPSA) is 67.3 Å². The first kappa shape index (κ1) is 24.9. The number of methoxy groups -OCH3 is 1. The van der Waals surface area contributed by atoms with Crippen LogP contribution >= 0.6 is 0 Å². The lowest BCUT2D eigenvalue weighted by molar-refractivity contribution is -0.137. The summed E-state index contributed by atoms with van der Waals surface area (Å²) >= 11 is 0. The first-order valence-corrected chi connectivity index (χ1v) is 11.4. The number of anilines is 2. The van der Waals surface area contributed by atoms with E-state index < -0.39 is 34.9 Å². The van der Waals surface area contributed by atoms with Gasteiger partial charge in [0.15, 0.2) is 11.4 Å². The number of aryl methyl sites for hydroxylation is 1. The van der Waals surface area contributed by atoms with E-state index in [2.05, 4.69) is 15.5 Å². The SMILES string of the molecule is COC1(C)C(=O)N(C)c2cc3c(N[C@H](C)c4cccc(C(F)(F)C(C)C)c4F)nnc(C)c3cc21. The number of rotatable bonds is 6. The molecule has 2 heterocycles. The van der Waals surface area contributed by atoms with Gasteiger partial charge < -0.3 is 15.0 Å². The van der Waals surface area contributed by atoms with Gasteiger partial charge in [-0.05, 0) is 32.9 Å². The summed E-state index contributed by atoms with van der Waals surface area (Å²) in [4.78, 5) is 14.4. The van der Waals surface area contributed by atoms with E-state index in [1.807, 2.05) is 12.1 Å². The number of fused-ring (bicyclic) bond motifs is 2. The van der Waals surface area contributed by atoms with Crippen LogP contribution < -0.4 is 10.2 Å². The standard InChI is InChI=1S/C26H29F3N4O2/c1-13(2)26(28,29)19-10-8-9-16(22(19)27)14(3)30-23-18-12-21-20(11-17(18)15(4)31-32-23)25(5,35-7)24(34)33(21)6/h8-14H,1-7H3,(H,30,32)/t14-,25?/m1/s1. The van der Waals surface area contributed by atoms with Gasteiger partial charge in [0.1, 0.15) is 5.82 Å². The van der Waals surface area contributed by atoms with E-state index in [9.17, 15) is 13.6 Å². The molecule has 0 fully saturated rings. The van der Waals surface area contributed by atoms with Gasteiger partial charge in [-0.1, -0.05) is 32.0 Å². The van der Waals surface area contributed by atoms with Crippen molar-refractivity contribution in [3.63, 3.8) is 0 Å². The highest BCUT2D eigenvalue weighted by Gasteiger charge is 2.47. The van der Waals surface area contributed by atoms with E-state index in [1.165, 1.54) is 38.0 Å². The van der Waals surface area contributed by atoms with Gasteiger partial charge in [0, 0.05) is 42.0 Å². The molecule has 0 radical (unpaired) electrons. The molecule has 0 spiro atoms. The van der Waals surface area contributed by atoms with Crippen LogP contribution in [0.1, 0.15) is 56.1 Å².